The molecule has 1 fully saturated rings. The van der Waals surface area contributed by atoms with Crippen molar-refractivity contribution in [2.45, 2.75) is 59.0 Å². The lowest BCUT2D eigenvalue weighted by Gasteiger charge is -2.28. The van der Waals surface area contributed by atoms with Gasteiger partial charge in [-0.3, -0.25) is 0 Å². The first-order valence-corrected chi connectivity index (χ1v) is 6.41. The maximum absolute atomic E-state index is 10.1. The van der Waals surface area contributed by atoms with E-state index in [0.29, 0.717) is 5.41 Å². The minimum Gasteiger partial charge on any atom is -0.389 e. The van der Waals surface area contributed by atoms with Gasteiger partial charge in [-0.15, -0.1) is 0 Å². The molecular formula is C13H27NO. The molecule has 0 atom stereocenters. The van der Waals surface area contributed by atoms with E-state index in [-0.39, 0.29) is 0 Å². The van der Waals surface area contributed by atoms with Crippen molar-refractivity contribution in [1.29, 1.82) is 0 Å². The minimum atomic E-state index is -0.493. The van der Waals surface area contributed by atoms with E-state index in [1.807, 2.05) is 0 Å². The number of hydrogen-bond donors (Lipinski definition) is 2. The zero-order chi connectivity index (χ0) is 11.5. The van der Waals surface area contributed by atoms with E-state index in [1.165, 1.54) is 12.8 Å². The van der Waals surface area contributed by atoms with Gasteiger partial charge in [0.2, 0.25) is 0 Å². The zero-order valence-corrected chi connectivity index (χ0v) is 10.8. The molecule has 0 aromatic heterocycles. The molecule has 0 bridgehead atoms. The standard InChI is InChI=1S/C13H27NO/c1-5-13(15,6-2)10-14-9-12(7-8-12)11(3)4/h11,14-15H,5-10H2,1-4H3. The first-order valence-electron chi connectivity index (χ1n) is 6.41. The Morgan fingerprint density at radius 2 is 1.80 bits per heavy atom. The lowest BCUT2D eigenvalue weighted by Crippen LogP contribution is -2.42. The second-order valence-corrected chi connectivity index (χ2v) is 5.55. The van der Waals surface area contributed by atoms with Crippen molar-refractivity contribution >= 4 is 0 Å². The SMILES string of the molecule is CCC(O)(CC)CNCC1(C(C)C)CC1. The highest BCUT2D eigenvalue weighted by molar-refractivity contribution is 4.97. The van der Waals surface area contributed by atoms with Crippen LogP contribution in [0.2, 0.25) is 0 Å². The highest BCUT2D eigenvalue weighted by atomic mass is 16.3. The van der Waals surface area contributed by atoms with Gasteiger partial charge in [-0.25, -0.2) is 0 Å². The summed E-state index contributed by atoms with van der Waals surface area (Å²) in [5.41, 5.74) is 0.0510. The largest absolute Gasteiger partial charge is 0.389 e. The molecule has 0 saturated heterocycles. The summed E-state index contributed by atoms with van der Waals surface area (Å²) < 4.78 is 0. The van der Waals surface area contributed by atoms with Crippen molar-refractivity contribution < 1.29 is 5.11 Å². The number of aliphatic hydroxyl groups is 1. The molecule has 0 aromatic rings. The van der Waals surface area contributed by atoms with Gasteiger partial charge in [-0.2, -0.15) is 0 Å². The Morgan fingerprint density at radius 3 is 2.13 bits per heavy atom. The molecule has 15 heavy (non-hydrogen) atoms. The van der Waals surface area contributed by atoms with Crippen molar-refractivity contribution in [3.05, 3.63) is 0 Å². The zero-order valence-electron chi connectivity index (χ0n) is 10.8. The summed E-state index contributed by atoms with van der Waals surface area (Å²) >= 11 is 0. The second-order valence-electron chi connectivity index (χ2n) is 5.55. The van der Waals surface area contributed by atoms with Crippen LogP contribution in [0.5, 0.6) is 0 Å². The summed E-state index contributed by atoms with van der Waals surface area (Å²) in [6, 6.07) is 0. The predicted octanol–water partition coefficient (Wildman–Crippen LogP) is 2.56. The molecule has 2 heteroatoms. The third-order valence-electron chi connectivity index (χ3n) is 4.36. The van der Waals surface area contributed by atoms with Gasteiger partial charge in [0.1, 0.15) is 0 Å². The summed E-state index contributed by atoms with van der Waals surface area (Å²) in [6.07, 6.45) is 4.39. The molecule has 0 heterocycles. The Kier molecular flexibility index (Phi) is 4.19. The van der Waals surface area contributed by atoms with Crippen LogP contribution >= 0.6 is 0 Å². The maximum atomic E-state index is 10.1. The molecule has 0 amide bonds. The van der Waals surface area contributed by atoms with Gasteiger partial charge in [-0.05, 0) is 37.0 Å². The van der Waals surface area contributed by atoms with Gasteiger partial charge in [0.15, 0.2) is 0 Å². The summed E-state index contributed by atoms with van der Waals surface area (Å²) in [5.74, 6) is 0.765. The molecule has 1 aliphatic carbocycles. The normalized spacial score (nSPS) is 19.6. The third-order valence-corrected chi connectivity index (χ3v) is 4.36. The highest BCUT2D eigenvalue weighted by Gasteiger charge is 2.44. The Morgan fingerprint density at radius 1 is 1.27 bits per heavy atom. The van der Waals surface area contributed by atoms with E-state index in [0.717, 1.165) is 31.8 Å². The van der Waals surface area contributed by atoms with E-state index >= 15 is 0 Å². The average Bonchev–Trinajstić information content (AvgIpc) is 2.99. The van der Waals surface area contributed by atoms with Gasteiger partial charge in [0.25, 0.3) is 0 Å². The second kappa shape index (κ2) is 4.84. The van der Waals surface area contributed by atoms with Crippen LogP contribution in [-0.2, 0) is 0 Å². The molecule has 2 nitrogen and oxygen atoms in total. The van der Waals surface area contributed by atoms with Gasteiger partial charge >= 0.3 is 0 Å². The number of rotatable bonds is 7. The summed E-state index contributed by atoms with van der Waals surface area (Å²) in [4.78, 5) is 0. The summed E-state index contributed by atoms with van der Waals surface area (Å²) in [5, 5.41) is 13.6. The highest BCUT2D eigenvalue weighted by Crippen LogP contribution is 2.51. The Balaban J connectivity index is 2.27. The molecule has 2 N–H and O–H groups in total. The van der Waals surface area contributed by atoms with E-state index in [1.54, 1.807) is 0 Å². The van der Waals surface area contributed by atoms with E-state index < -0.39 is 5.60 Å². The van der Waals surface area contributed by atoms with Crippen LogP contribution in [0.25, 0.3) is 0 Å². The van der Waals surface area contributed by atoms with Crippen molar-refractivity contribution in [2.24, 2.45) is 11.3 Å². The Bertz CT molecular complexity index is 191. The van der Waals surface area contributed by atoms with Crippen molar-refractivity contribution in [2.75, 3.05) is 13.1 Å². The predicted molar refractivity (Wildman–Crippen MR) is 64.9 cm³/mol. The fourth-order valence-electron chi connectivity index (χ4n) is 2.16. The van der Waals surface area contributed by atoms with Crippen LogP contribution in [0.4, 0.5) is 0 Å². The van der Waals surface area contributed by atoms with Crippen molar-refractivity contribution in [3.8, 4) is 0 Å². The number of nitrogens with one attached hydrogen (secondary N) is 1. The quantitative estimate of drug-likeness (QED) is 0.681. The van der Waals surface area contributed by atoms with E-state index in [4.69, 9.17) is 0 Å². The maximum Gasteiger partial charge on any atom is 0.0766 e. The van der Waals surface area contributed by atoms with Gasteiger partial charge in [0, 0.05) is 13.1 Å². The van der Waals surface area contributed by atoms with E-state index in [9.17, 15) is 5.11 Å². The Labute approximate surface area is 94.5 Å². The molecular weight excluding hydrogens is 186 g/mol. The third kappa shape index (κ3) is 3.18. The molecule has 0 spiro atoms. The lowest BCUT2D eigenvalue weighted by atomic mass is 9.91. The smallest absolute Gasteiger partial charge is 0.0766 e. The monoisotopic (exact) mass is 213 g/mol. The molecule has 0 unspecified atom stereocenters. The van der Waals surface area contributed by atoms with Crippen molar-refractivity contribution in [3.63, 3.8) is 0 Å². The molecule has 0 radical (unpaired) electrons. The molecule has 1 rings (SSSR count). The van der Waals surface area contributed by atoms with E-state index in [2.05, 4.69) is 33.0 Å². The minimum absolute atomic E-state index is 0.493. The topological polar surface area (TPSA) is 32.3 Å². The van der Waals surface area contributed by atoms with Gasteiger partial charge in [-0.1, -0.05) is 27.7 Å². The fraction of sp³-hybridized carbons (Fsp3) is 1.00. The van der Waals surface area contributed by atoms with Crippen molar-refractivity contribution in [1.82, 2.24) is 5.32 Å². The van der Waals surface area contributed by atoms with Gasteiger partial charge < -0.3 is 10.4 Å². The molecule has 1 saturated carbocycles. The molecule has 1 aliphatic rings. The van der Waals surface area contributed by atoms with Crippen LogP contribution < -0.4 is 5.32 Å². The first kappa shape index (κ1) is 13.0. The Hall–Kier alpha value is -0.0800. The van der Waals surface area contributed by atoms with Gasteiger partial charge in [0.05, 0.1) is 5.60 Å². The molecule has 90 valence electrons. The molecule has 0 aromatic carbocycles. The fourth-order valence-corrected chi connectivity index (χ4v) is 2.16. The summed E-state index contributed by atoms with van der Waals surface area (Å²) in [6.45, 7) is 10.5. The lowest BCUT2D eigenvalue weighted by molar-refractivity contribution is 0.0309. The number of hydrogen-bond acceptors (Lipinski definition) is 2. The molecule has 0 aliphatic heterocycles. The van der Waals surface area contributed by atoms with Crippen LogP contribution in [0.3, 0.4) is 0 Å². The summed E-state index contributed by atoms with van der Waals surface area (Å²) in [7, 11) is 0. The van der Waals surface area contributed by atoms with Crippen LogP contribution in [0.1, 0.15) is 53.4 Å². The average molecular weight is 213 g/mol. The van der Waals surface area contributed by atoms with Crippen LogP contribution in [0.15, 0.2) is 0 Å². The first-order chi connectivity index (χ1) is 6.98. The van der Waals surface area contributed by atoms with Crippen LogP contribution in [-0.4, -0.2) is 23.8 Å². The van der Waals surface area contributed by atoms with Crippen LogP contribution in [0, 0.1) is 11.3 Å².